The first-order valence-electron chi connectivity index (χ1n) is 7.41. The van der Waals surface area contributed by atoms with Crippen molar-refractivity contribution in [2.45, 2.75) is 49.7 Å². The van der Waals surface area contributed by atoms with Crippen LogP contribution < -0.4 is 5.32 Å². The molecule has 1 aliphatic rings. The van der Waals surface area contributed by atoms with Crippen LogP contribution in [0.4, 0.5) is 0 Å². The lowest BCUT2D eigenvalue weighted by Crippen LogP contribution is -2.36. The van der Waals surface area contributed by atoms with Crippen LogP contribution in [0.3, 0.4) is 0 Å². The molecule has 0 aliphatic heterocycles. The third-order valence-corrected chi connectivity index (χ3v) is 4.47. The molecule has 0 radical (unpaired) electrons. The van der Waals surface area contributed by atoms with Crippen molar-refractivity contribution in [2.75, 3.05) is 5.75 Å². The van der Waals surface area contributed by atoms with Crippen LogP contribution in [-0.2, 0) is 4.79 Å². The topological polar surface area (TPSA) is 72.2 Å². The molecular weight excluding hydrogens is 286 g/mol. The number of thioether (sulfide) groups is 1. The fourth-order valence-electron chi connectivity index (χ4n) is 2.56. The van der Waals surface area contributed by atoms with Gasteiger partial charge in [0.2, 0.25) is 11.1 Å². The number of nitrogens with one attached hydrogen (secondary N) is 1. The highest BCUT2D eigenvalue weighted by atomic mass is 32.2. The highest BCUT2D eigenvalue weighted by Crippen LogP contribution is 2.18. The quantitative estimate of drug-likeness (QED) is 0.856. The molecule has 1 amide bonds. The summed E-state index contributed by atoms with van der Waals surface area (Å²) in [6.07, 6.45) is 10.0. The first-order chi connectivity index (χ1) is 10.3. The van der Waals surface area contributed by atoms with E-state index in [0.717, 1.165) is 12.8 Å². The summed E-state index contributed by atoms with van der Waals surface area (Å²) in [5.74, 6) is 1.41. The Morgan fingerprint density at radius 3 is 3.05 bits per heavy atom. The summed E-state index contributed by atoms with van der Waals surface area (Å²) in [7, 11) is 0. The van der Waals surface area contributed by atoms with Crippen molar-refractivity contribution in [1.29, 1.82) is 0 Å². The maximum absolute atomic E-state index is 11.9. The van der Waals surface area contributed by atoms with E-state index in [-0.39, 0.29) is 5.91 Å². The molecule has 2 aromatic rings. The second-order valence-corrected chi connectivity index (χ2v) is 6.32. The lowest BCUT2D eigenvalue weighted by molar-refractivity contribution is -0.121. The Balaban J connectivity index is 1.43. The Morgan fingerprint density at radius 2 is 2.24 bits per heavy atom. The van der Waals surface area contributed by atoms with Crippen LogP contribution in [0.1, 0.15) is 38.5 Å². The minimum absolute atomic E-state index is 0.135. The number of rotatable bonds is 5. The van der Waals surface area contributed by atoms with Gasteiger partial charge in [-0.15, -0.1) is 5.10 Å². The Hall–Kier alpha value is -1.63. The highest BCUT2D eigenvalue weighted by molar-refractivity contribution is 7.99. The van der Waals surface area contributed by atoms with E-state index >= 15 is 0 Å². The first-order valence-corrected chi connectivity index (χ1v) is 8.39. The van der Waals surface area contributed by atoms with Gasteiger partial charge in [0, 0.05) is 30.6 Å². The average molecular weight is 305 g/mol. The second-order valence-electron chi connectivity index (χ2n) is 5.26. The number of carbonyl (C=O) groups is 1. The molecule has 7 heteroatoms. The normalized spacial score (nSPS) is 16.2. The van der Waals surface area contributed by atoms with E-state index in [0.29, 0.717) is 29.1 Å². The minimum atomic E-state index is 0.135. The first kappa shape index (κ1) is 14.3. The standard InChI is InChI=1S/C14H19N5OS/c20-12(16-11-5-2-1-3-6-11)7-10-21-14-17-13-15-8-4-9-19(13)18-14/h4,8-9,11H,1-3,5-7,10H2,(H,16,20). The average Bonchev–Trinajstić information content (AvgIpc) is 2.91. The van der Waals surface area contributed by atoms with Gasteiger partial charge in [0.05, 0.1) is 0 Å². The van der Waals surface area contributed by atoms with Gasteiger partial charge in [0.25, 0.3) is 5.78 Å². The number of amides is 1. The molecule has 3 rings (SSSR count). The van der Waals surface area contributed by atoms with Crippen LogP contribution in [-0.4, -0.2) is 37.3 Å². The van der Waals surface area contributed by atoms with Gasteiger partial charge in [0.1, 0.15) is 0 Å². The minimum Gasteiger partial charge on any atom is -0.353 e. The predicted octanol–water partition coefficient (Wildman–Crippen LogP) is 2.06. The molecule has 0 aromatic carbocycles. The number of aromatic nitrogens is 4. The van der Waals surface area contributed by atoms with Crippen LogP contribution in [0, 0.1) is 0 Å². The van der Waals surface area contributed by atoms with E-state index < -0.39 is 0 Å². The molecule has 0 bridgehead atoms. The zero-order valence-electron chi connectivity index (χ0n) is 11.9. The van der Waals surface area contributed by atoms with Crippen molar-refractivity contribution in [3.8, 4) is 0 Å². The summed E-state index contributed by atoms with van der Waals surface area (Å²) in [5.41, 5.74) is 0. The Morgan fingerprint density at radius 1 is 1.38 bits per heavy atom. The van der Waals surface area contributed by atoms with Gasteiger partial charge in [-0.2, -0.15) is 4.98 Å². The molecule has 6 nitrogen and oxygen atoms in total. The van der Waals surface area contributed by atoms with Crippen LogP contribution in [0.15, 0.2) is 23.6 Å². The molecule has 112 valence electrons. The maximum Gasteiger partial charge on any atom is 0.253 e. The predicted molar refractivity (Wildman–Crippen MR) is 81.1 cm³/mol. The molecule has 1 fully saturated rings. The molecule has 21 heavy (non-hydrogen) atoms. The molecule has 2 heterocycles. The summed E-state index contributed by atoms with van der Waals surface area (Å²) < 4.78 is 1.64. The SMILES string of the molecule is O=C(CCSc1nc2ncccn2n1)NC1CCCCC1. The summed E-state index contributed by atoms with van der Waals surface area (Å²) in [6.45, 7) is 0. The molecule has 0 atom stereocenters. The summed E-state index contributed by atoms with van der Waals surface area (Å²) >= 11 is 1.49. The Kier molecular flexibility index (Phi) is 4.69. The van der Waals surface area contributed by atoms with Crippen molar-refractivity contribution in [3.63, 3.8) is 0 Å². The number of hydrogen-bond acceptors (Lipinski definition) is 5. The summed E-state index contributed by atoms with van der Waals surface area (Å²) in [6, 6.07) is 2.20. The highest BCUT2D eigenvalue weighted by Gasteiger charge is 2.15. The zero-order chi connectivity index (χ0) is 14.5. The molecule has 1 N–H and O–H groups in total. The van der Waals surface area contributed by atoms with Crippen LogP contribution in [0.5, 0.6) is 0 Å². The lowest BCUT2D eigenvalue weighted by Gasteiger charge is -2.22. The van der Waals surface area contributed by atoms with Crippen LogP contribution in [0.2, 0.25) is 0 Å². The Bertz CT molecular complexity index is 575. The number of carbonyl (C=O) groups excluding carboxylic acids is 1. The van der Waals surface area contributed by atoms with Crippen LogP contribution in [0.25, 0.3) is 5.78 Å². The number of nitrogens with zero attached hydrogens (tertiary/aromatic N) is 4. The van der Waals surface area contributed by atoms with Crippen molar-refractivity contribution in [1.82, 2.24) is 24.9 Å². The van der Waals surface area contributed by atoms with Crippen molar-refractivity contribution >= 4 is 23.4 Å². The van der Waals surface area contributed by atoms with E-state index in [1.165, 1.54) is 31.0 Å². The smallest absolute Gasteiger partial charge is 0.253 e. The van der Waals surface area contributed by atoms with Gasteiger partial charge >= 0.3 is 0 Å². The molecular formula is C14H19N5OS. The fraction of sp³-hybridized carbons (Fsp3) is 0.571. The van der Waals surface area contributed by atoms with Crippen molar-refractivity contribution in [2.24, 2.45) is 0 Å². The van der Waals surface area contributed by atoms with E-state index in [9.17, 15) is 4.79 Å². The molecule has 0 unspecified atom stereocenters. The van der Waals surface area contributed by atoms with Crippen LogP contribution >= 0.6 is 11.8 Å². The monoisotopic (exact) mass is 305 g/mol. The van der Waals surface area contributed by atoms with Gasteiger partial charge in [-0.05, 0) is 18.9 Å². The van der Waals surface area contributed by atoms with Gasteiger partial charge in [0.15, 0.2) is 0 Å². The molecule has 0 spiro atoms. The second kappa shape index (κ2) is 6.89. The third-order valence-electron chi connectivity index (χ3n) is 3.63. The molecule has 1 saturated carbocycles. The van der Waals surface area contributed by atoms with Crippen molar-refractivity contribution < 1.29 is 4.79 Å². The summed E-state index contributed by atoms with van der Waals surface area (Å²) in [4.78, 5) is 20.3. The third kappa shape index (κ3) is 3.93. The number of hydrogen-bond donors (Lipinski definition) is 1. The summed E-state index contributed by atoms with van der Waals surface area (Å²) in [5, 5.41) is 8.09. The van der Waals surface area contributed by atoms with E-state index in [4.69, 9.17) is 0 Å². The van der Waals surface area contributed by atoms with E-state index in [2.05, 4.69) is 20.4 Å². The zero-order valence-corrected chi connectivity index (χ0v) is 12.7. The fourth-order valence-corrected chi connectivity index (χ4v) is 3.32. The maximum atomic E-state index is 11.9. The lowest BCUT2D eigenvalue weighted by atomic mass is 9.95. The molecule has 1 aliphatic carbocycles. The van der Waals surface area contributed by atoms with E-state index in [1.807, 2.05) is 12.3 Å². The molecule has 2 aromatic heterocycles. The molecule has 0 saturated heterocycles. The van der Waals surface area contributed by atoms with E-state index in [1.54, 1.807) is 10.7 Å². The largest absolute Gasteiger partial charge is 0.353 e. The van der Waals surface area contributed by atoms with Gasteiger partial charge in [-0.3, -0.25) is 4.79 Å². The Labute approximate surface area is 127 Å². The van der Waals surface area contributed by atoms with Gasteiger partial charge in [-0.25, -0.2) is 9.50 Å². The number of fused-ring (bicyclic) bond motifs is 1. The van der Waals surface area contributed by atoms with Crippen molar-refractivity contribution in [3.05, 3.63) is 18.5 Å². The van der Waals surface area contributed by atoms with Gasteiger partial charge in [-0.1, -0.05) is 31.0 Å². The van der Waals surface area contributed by atoms with Gasteiger partial charge < -0.3 is 5.32 Å².